The zero-order valence-electron chi connectivity index (χ0n) is 21.7. The van der Waals surface area contributed by atoms with Gasteiger partial charge in [-0.05, 0) is 62.3 Å². The first-order chi connectivity index (χ1) is 17.8. The van der Waals surface area contributed by atoms with Gasteiger partial charge in [0.15, 0.2) is 0 Å². The highest BCUT2D eigenvalue weighted by Crippen LogP contribution is 2.12. The number of phenolic OH excluding ortho intramolecular Hbond substituents is 1. The molecule has 0 heterocycles. The fourth-order valence-electron chi connectivity index (χ4n) is 3.64. The molecule has 1 rings (SSSR count). The first-order valence-electron chi connectivity index (χ1n) is 12.4. The smallest absolute Gasteiger partial charge is 0.326 e. The van der Waals surface area contributed by atoms with Crippen molar-refractivity contribution in [1.29, 1.82) is 0 Å². The Balaban J connectivity index is 2.95. The van der Waals surface area contributed by atoms with Gasteiger partial charge in [-0.1, -0.05) is 26.0 Å². The molecule has 38 heavy (non-hydrogen) atoms. The minimum atomic E-state index is -1.53. The molecule has 13 nitrogen and oxygen atoms in total. The topological polar surface area (TPSA) is 234 Å². The Hall–Kier alpha value is -3.71. The third-order valence-electron chi connectivity index (χ3n) is 5.64. The minimum Gasteiger partial charge on any atom is -0.508 e. The maximum atomic E-state index is 13.0. The molecule has 0 bridgehead atoms. The van der Waals surface area contributed by atoms with Gasteiger partial charge in [0.1, 0.15) is 23.9 Å². The summed E-state index contributed by atoms with van der Waals surface area (Å²) in [5.74, 6) is -5.09. The molecule has 0 aliphatic rings. The molecule has 1 aromatic rings. The Labute approximate surface area is 221 Å². The number of unbranched alkanes of at least 4 members (excludes halogenated alkanes) is 1. The molecule has 4 atom stereocenters. The lowest BCUT2D eigenvalue weighted by molar-refractivity contribution is -0.143. The average molecular weight is 538 g/mol. The van der Waals surface area contributed by atoms with Gasteiger partial charge in [0.05, 0.1) is 12.5 Å². The second-order valence-electron chi connectivity index (χ2n) is 9.51. The number of carbonyl (C=O) groups is 5. The molecule has 0 spiro atoms. The molecule has 4 unspecified atom stereocenters. The molecule has 0 radical (unpaired) electrons. The predicted octanol–water partition coefficient (Wildman–Crippen LogP) is -0.549. The molecular weight excluding hydrogens is 498 g/mol. The van der Waals surface area contributed by atoms with E-state index in [4.69, 9.17) is 11.5 Å². The van der Waals surface area contributed by atoms with E-state index in [2.05, 4.69) is 16.0 Å². The molecule has 0 saturated carbocycles. The summed E-state index contributed by atoms with van der Waals surface area (Å²) in [6.07, 6.45) is 0.643. The maximum Gasteiger partial charge on any atom is 0.326 e. The molecule has 10 N–H and O–H groups in total. The average Bonchev–Trinajstić information content (AvgIpc) is 2.83. The van der Waals surface area contributed by atoms with Gasteiger partial charge in [-0.15, -0.1) is 0 Å². The molecule has 13 heteroatoms. The summed E-state index contributed by atoms with van der Waals surface area (Å²) < 4.78 is 0. The first kappa shape index (κ1) is 32.3. The van der Waals surface area contributed by atoms with E-state index >= 15 is 0 Å². The highest BCUT2D eigenvalue weighted by molar-refractivity contribution is 5.95. The zero-order valence-corrected chi connectivity index (χ0v) is 21.7. The molecule has 3 amide bonds. The number of amides is 3. The van der Waals surface area contributed by atoms with E-state index in [-0.39, 0.29) is 30.9 Å². The van der Waals surface area contributed by atoms with Crippen LogP contribution < -0.4 is 27.4 Å². The molecule has 0 fully saturated rings. The zero-order chi connectivity index (χ0) is 28.8. The summed E-state index contributed by atoms with van der Waals surface area (Å²) in [6, 6.07) is 0.975. The van der Waals surface area contributed by atoms with Crippen LogP contribution >= 0.6 is 0 Å². The predicted molar refractivity (Wildman–Crippen MR) is 138 cm³/mol. The van der Waals surface area contributed by atoms with Gasteiger partial charge in [0, 0.05) is 0 Å². The summed E-state index contributed by atoms with van der Waals surface area (Å²) in [6.45, 7) is 3.96. The van der Waals surface area contributed by atoms with Gasteiger partial charge in [-0.3, -0.25) is 19.2 Å². The van der Waals surface area contributed by atoms with Crippen molar-refractivity contribution in [3.8, 4) is 5.75 Å². The van der Waals surface area contributed by atoms with E-state index in [0.717, 1.165) is 0 Å². The van der Waals surface area contributed by atoms with Crippen LogP contribution in [0.5, 0.6) is 5.75 Å². The number of nitrogens with two attached hydrogens (primary N) is 2. The number of carboxylic acid groups (broad SMARTS) is 2. The van der Waals surface area contributed by atoms with Crippen LogP contribution in [-0.2, 0) is 30.4 Å². The number of phenols is 1. The van der Waals surface area contributed by atoms with Gasteiger partial charge < -0.3 is 42.7 Å². The first-order valence-corrected chi connectivity index (χ1v) is 12.4. The Morgan fingerprint density at radius 1 is 0.842 bits per heavy atom. The largest absolute Gasteiger partial charge is 0.508 e. The number of aromatic hydroxyl groups is 1. The summed E-state index contributed by atoms with van der Waals surface area (Å²) in [7, 11) is 0. The van der Waals surface area contributed by atoms with Crippen LogP contribution in [0.2, 0.25) is 0 Å². The third-order valence-corrected chi connectivity index (χ3v) is 5.64. The fourth-order valence-corrected chi connectivity index (χ4v) is 3.64. The lowest BCUT2D eigenvalue weighted by Crippen LogP contribution is -2.57. The molecule has 212 valence electrons. The molecule has 0 aromatic heterocycles. The summed E-state index contributed by atoms with van der Waals surface area (Å²) in [4.78, 5) is 61.5. The van der Waals surface area contributed by atoms with Gasteiger partial charge in [-0.2, -0.15) is 0 Å². The Morgan fingerprint density at radius 3 is 1.92 bits per heavy atom. The molecule has 0 aliphatic carbocycles. The van der Waals surface area contributed by atoms with Crippen molar-refractivity contribution >= 4 is 29.7 Å². The SMILES string of the molecule is CC(C)CC(NC(=O)C(CC(=O)O)NC(=O)C(N)Cc1ccc(O)cc1)C(=O)NC(CCCCN)C(=O)O. The van der Waals surface area contributed by atoms with E-state index in [1.54, 1.807) is 26.0 Å². The lowest BCUT2D eigenvalue weighted by atomic mass is 10.0. The number of benzene rings is 1. The lowest BCUT2D eigenvalue weighted by Gasteiger charge is -2.25. The molecular formula is C25H39N5O8. The quantitative estimate of drug-likeness (QED) is 0.118. The second kappa shape index (κ2) is 16.2. The van der Waals surface area contributed by atoms with Crippen molar-refractivity contribution in [2.75, 3.05) is 6.54 Å². The van der Waals surface area contributed by atoms with Gasteiger partial charge in [0.2, 0.25) is 17.7 Å². The number of rotatable bonds is 17. The standard InChI is InChI=1S/C25H39N5O8/c1-14(2)11-19(23(35)28-18(25(37)38)5-3-4-10-26)30-24(36)20(13-21(32)33)29-22(34)17(27)12-15-6-8-16(31)9-7-15/h6-9,14,17-20,31H,3-5,10-13,26-27H2,1-2H3,(H,28,35)(H,29,34)(H,30,36)(H,32,33)(H,37,38). The van der Waals surface area contributed by atoms with Crippen LogP contribution in [0, 0.1) is 5.92 Å². The van der Waals surface area contributed by atoms with Crippen molar-refractivity contribution in [2.45, 2.75) is 76.5 Å². The summed E-state index contributed by atoms with van der Waals surface area (Å²) in [5, 5.41) is 35.3. The highest BCUT2D eigenvalue weighted by Gasteiger charge is 2.31. The van der Waals surface area contributed by atoms with E-state index in [0.29, 0.717) is 24.9 Å². The van der Waals surface area contributed by atoms with Crippen molar-refractivity contribution in [2.24, 2.45) is 17.4 Å². The number of aliphatic carboxylic acids is 2. The Morgan fingerprint density at radius 2 is 1.39 bits per heavy atom. The fraction of sp³-hybridized carbons (Fsp3) is 0.560. The van der Waals surface area contributed by atoms with Crippen LogP contribution in [0.3, 0.4) is 0 Å². The number of hydrogen-bond acceptors (Lipinski definition) is 8. The van der Waals surface area contributed by atoms with Crippen molar-refractivity contribution < 1.29 is 39.3 Å². The van der Waals surface area contributed by atoms with Crippen molar-refractivity contribution in [1.82, 2.24) is 16.0 Å². The molecule has 0 aliphatic heterocycles. The Bertz CT molecular complexity index is 954. The summed E-state index contributed by atoms with van der Waals surface area (Å²) in [5.41, 5.74) is 12.0. The number of nitrogens with one attached hydrogen (secondary N) is 3. The molecule has 0 saturated heterocycles. The van der Waals surface area contributed by atoms with Crippen molar-refractivity contribution in [3.05, 3.63) is 29.8 Å². The maximum absolute atomic E-state index is 13.0. The van der Waals surface area contributed by atoms with Crippen LogP contribution in [0.4, 0.5) is 0 Å². The number of carbonyl (C=O) groups excluding carboxylic acids is 3. The number of hydrogen-bond donors (Lipinski definition) is 8. The highest BCUT2D eigenvalue weighted by atomic mass is 16.4. The van der Waals surface area contributed by atoms with E-state index in [1.807, 2.05) is 0 Å². The van der Waals surface area contributed by atoms with E-state index in [9.17, 15) is 39.3 Å². The Kier molecular flexibility index (Phi) is 13.8. The van der Waals surface area contributed by atoms with Crippen molar-refractivity contribution in [3.63, 3.8) is 0 Å². The van der Waals surface area contributed by atoms with Crippen LogP contribution in [0.1, 0.15) is 51.5 Å². The normalized spacial score (nSPS) is 14.1. The van der Waals surface area contributed by atoms with Crippen LogP contribution in [0.25, 0.3) is 0 Å². The van der Waals surface area contributed by atoms with Gasteiger partial charge >= 0.3 is 11.9 Å². The summed E-state index contributed by atoms with van der Waals surface area (Å²) >= 11 is 0. The van der Waals surface area contributed by atoms with Crippen LogP contribution in [-0.4, -0.2) is 75.7 Å². The van der Waals surface area contributed by atoms with E-state index < -0.39 is 60.2 Å². The minimum absolute atomic E-state index is 0.0372. The van der Waals surface area contributed by atoms with Crippen LogP contribution in [0.15, 0.2) is 24.3 Å². The second-order valence-corrected chi connectivity index (χ2v) is 9.51. The third kappa shape index (κ3) is 12.0. The molecule has 1 aromatic carbocycles. The van der Waals surface area contributed by atoms with Gasteiger partial charge in [-0.25, -0.2) is 4.79 Å². The monoisotopic (exact) mass is 537 g/mol. The van der Waals surface area contributed by atoms with Gasteiger partial charge in [0.25, 0.3) is 0 Å². The van der Waals surface area contributed by atoms with E-state index in [1.165, 1.54) is 12.1 Å². The number of carboxylic acids is 2.